The summed E-state index contributed by atoms with van der Waals surface area (Å²) >= 11 is 0. The highest BCUT2D eigenvalue weighted by Crippen LogP contribution is 2.18. The molecule has 0 spiro atoms. The molecule has 0 saturated carbocycles. The van der Waals surface area contributed by atoms with Gasteiger partial charge in [0.1, 0.15) is 5.82 Å². The molecule has 0 fully saturated rings. The van der Waals surface area contributed by atoms with Crippen LogP contribution in [0.25, 0.3) is 0 Å². The lowest BCUT2D eigenvalue weighted by Crippen LogP contribution is -2.42. The van der Waals surface area contributed by atoms with Crippen molar-refractivity contribution in [3.63, 3.8) is 0 Å². The number of nitrogens with two attached hydrogens (primary N) is 1. The number of ether oxygens (including phenoxy) is 1. The molecule has 1 aromatic heterocycles. The lowest BCUT2D eigenvalue weighted by atomic mass is 10.2. The van der Waals surface area contributed by atoms with E-state index in [1.165, 1.54) is 16.6 Å². The van der Waals surface area contributed by atoms with E-state index in [1.54, 1.807) is 0 Å². The molecular formula is C14H24N4O4. The number of methoxy groups -OCH3 is 1. The van der Waals surface area contributed by atoms with E-state index in [9.17, 15) is 14.4 Å². The third kappa shape index (κ3) is 3.97. The van der Waals surface area contributed by atoms with E-state index in [4.69, 9.17) is 10.5 Å². The van der Waals surface area contributed by atoms with Gasteiger partial charge in [0.25, 0.3) is 5.56 Å². The van der Waals surface area contributed by atoms with Gasteiger partial charge in [0.15, 0.2) is 5.69 Å². The summed E-state index contributed by atoms with van der Waals surface area (Å²) in [5, 5.41) is 0. The number of amides is 1. The van der Waals surface area contributed by atoms with Gasteiger partial charge in [0.05, 0.1) is 6.61 Å². The number of H-pyrrole nitrogens is 1. The van der Waals surface area contributed by atoms with E-state index < -0.39 is 11.2 Å². The predicted molar refractivity (Wildman–Crippen MR) is 85.2 cm³/mol. The molecule has 0 aliphatic rings. The molecule has 0 bridgehead atoms. The molecule has 22 heavy (non-hydrogen) atoms. The van der Waals surface area contributed by atoms with Crippen molar-refractivity contribution < 1.29 is 9.53 Å². The second kappa shape index (κ2) is 8.38. The number of aromatic amines is 1. The minimum Gasteiger partial charge on any atom is -0.383 e. The highest BCUT2D eigenvalue weighted by molar-refractivity contribution is 5.95. The van der Waals surface area contributed by atoms with E-state index >= 15 is 0 Å². The molecule has 1 aromatic rings. The summed E-state index contributed by atoms with van der Waals surface area (Å²) in [7, 11) is 1.51. The van der Waals surface area contributed by atoms with Crippen LogP contribution in [0.5, 0.6) is 0 Å². The number of anilines is 2. The highest BCUT2D eigenvalue weighted by Gasteiger charge is 2.23. The number of hydrogen-bond donors (Lipinski definition) is 2. The summed E-state index contributed by atoms with van der Waals surface area (Å²) in [6.45, 7) is 4.60. The molecule has 0 radical (unpaired) electrons. The van der Waals surface area contributed by atoms with Crippen LogP contribution in [0.4, 0.5) is 11.5 Å². The van der Waals surface area contributed by atoms with E-state index in [0.29, 0.717) is 19.4 Å². The van der Waals surface area contributed by atoms with Gasteiger partial charge in [0.2, 0.25) is 5.91 Å². The first-order chi connectivity index (χ1) is 10.5. The number of rotatable bonds is 8. The Balaban J connectivity index is 3.40. The Morgan fingerprint density at radius 3 is 2.55 bits per heavy atom. The number of nitrogen functional groups attached to an aromatic ring is 1. The average Bonchev–Trinajstić information content (AvgIpc) is 2.46. The number of hydrogen-bond acceptors (Lipinski definition) is 5. The average molecular weight is 312 g/mol. The normalized spacial score (nSPS) is 10.7. The lowest BCUT2D eigenvalue weighted by molar-refractivity contribution is -0.118. The summed E-state index contributed by atoms with van der Waals surface area (Å²) in [5.41, 5.74) is 4.78. The number of nitrogens with one attached hydrogen (secondary N) is 1. The molecule has 0 atom stereocenters. The Kier molecular flexibility index (Phi) is 6.84. The molecule has 0 unspecified atom stereocenters. The highest BCUT2D eigenvalue weighted by atomic mass is 16.5. The van der Waals surface area contributed by atoms with Crippen molar-refractivity contribution in [2.75, 3.05) is 30.9 Å². The first kappa shape index (κ1) is 18.0. The molecule has 3 N–H and O–H groups in total. The number of carbonyl (C=O) groups is 1. The Morgan fingerprint density at radius 2 is 2.00 bits per heavy atom. The first-order valence-corrected chi connectivity index (χ1v) is 7.39. The van der Waals surface area contributed by atoms with Gasteiger partial charge < -0.3 is 15.4 Å². The molecule has 8 nitrogen and oxygen atoms in total. The fourth-order valence-corrected chi connectivity index (χ4v) is 2.18. The van der Waals surface area contributed by atoms with Gasteiger partial charge in [0, 0.05) is 26.6 Å². The maximum Gasteiger partial charge on any atom is 0.330 e. The Bertz CT molecular complexity index is 620. The van der Waals surface area contributed by atoms with Crippen LogP contribution < -0.4 is 21.9 Å². The van der Waals surface area contributed by atoms with Crippen LogP contribution in [0.3, 0.4) is 0 Å². The summed E-state index contributed by atoms with van der Waals surface area (Å²) in [6, 6.07) is 0. The maximum absolute atomic E-state index is 12.3. The minimum absolute atomic E-state index is 0.0103. The third-order valence-electron chi connectivity index (χ3n) is 3.22. The molecular weight excluding hydrogens is 288 g/mol. The van der Waals surface area contributed by atoms with Crippen LogP contribution in [-0.2, 0) is 16.1 Å². The molecule has 0 aliphatic heterocycles. The van der Waals surface area contributed by atoms with Crippen LogP contribution in [0.15, 0.2) is 9.59 Å². The molecule has 1 heterocycles. The molecule has 0 aromatic carbocycles. The minimum atomic E-state index is -0.657. The SMILES string of the molecule is CCCC(=O)N(CCOC)c1c(N)n(CCC)c(=O)[nH]c1=O. The smallest absolute Gasteiger partial charge is 0.330 e. The molecule has 1 amide bonds. The second-order valence-electron chi connectivity index (χ2n) is 4.93. The van der Waals surface area contributed by atoms with Gasteiger partial charge in [-0.15, -0.1) is 0 Å². The van der Waals surface area contributed by atoms with Gasteiger partial charge in [-0.25, -0.2) is 4.79 Å². The van der Waals surface area contributed by atoms with Crippen LogP contribution in [-0.4, -0.2) is 35.7 Å². The van der Waals surface area contributed by atoms with Crippen molar-refractivity contribution in [2.24, 2.45) is 0 Å². The molecule has 0 aliphatic carbocycles. The van der Waals surface area contributed by atoms with Crippen LogP contribution in [0.1, 0.15) is 33.1 Å². The molecule has 1 rings (SSSR count). The zero-order chi connectivity index (χ0) is 16.7. The molecule has 124 valence electrons. The summed E-state index contributed by atoms with van der Waals surface area (Å²) in [5.74, 6) is -0.213. The van der Waals surface area contributed by atoms with Gasteiger partial charge in [-0.3, -0.25) is 19.1 Å². The predicted octanol–water partition coefficient (Wildman–Crippen LogP) is 0.308. The Morgan fingerprint density at radius 1 is 1.32 bits per heavy atom. The fraction of sp³-hybridized carbons (Fsp3) is 0.643. The van der Waals surface area contributed by atoms with Crippen molar-refractivity contribution >= 4 is 17.4 Å². The maximum atomic E-state index is 12.3. The van der Waals surface area contributed by atoms with E-state index in [-0.39, 0.29) is 37.0 Å². The van der Waals surface area contributed by atoms with Gasteiger partial charge in [-0.1, -0.05) is 13.8 Å². The number of aromatic nitrogens is 2. The van der Waals surface area contributed by atoms with Crippen molar-refractivity contribution in [3.05, 3.63) is 20.8 Å². The summed E-state index contributed by atoms with van der Waals surface area (Å²) < 4.78 is 6.26. The van der Waals surface area contributed by atoms with Crippen molar-refractivity contribution in [1.82, 2.24) is 9.55 Å². The van der Waals surface area contributed by atoms with E-state index in [1.807, 2.05) is 13.8 Å². The lowest BCUT2D eigenvalue weighted by Gasteiger charge is -2.24. The summed E-state index contributed by atoms with van der Waals surface area (Å²) in [4.78, 5) is 39.8. The third-order valence-corrected chi connectivity index (χ3v) is 3.22. The first-order valence-electron chi connectivity index (χ1n) is 7.39. The zero-order valence-corrected chi connectivity index (χ0v) is 13.3. The van der Waals surface area contributed by atoms with Gasteiger partial charge in [-0.05, 0) is 12.8 Å². The largest absolute Gasteiger partial charge is 0.383 e. The van der Waals surface area contributed by atoms with Gasteiger partial charge >= 0.3 is 5.69 Å². The monoisotopic (exact) mass is 312 g/mol. The second-order valence-corrected chi connectivity index (χ2v) is 4.93. The van der Waals surface area contributed by atoms with Crippen molar-refractivity contribution in [1.29, 1.82) is 0 Å². The quantitative estimate of drug-likeness (QED) is 0.717. The Labute approximate surface area is 128 Å². The van der Waals surface area contributed by atoms with Crippen LogP contribution in [0, 0.1) is 0 Å². The standard InChI is InChI=1S/C14H24N4O4/c1-4-6-10(19)17(8-9-22-3)11-12(15)18(7-5-2)14(21)16-13(11)20/h4-9,15H2,1-3H3,(H,16,20,21). The van der Waals surface area contributed by atoms with E-state index in [0.717, 1.165) is 0 Å². The van der Waals surface area contributed by atoms with Crippen LogP contribution in [0.2, 0.25) is 0 Å². The van der Waals surface area contributed by atoms with Crippen molar-refractivity contribution in [2.45, 2.75) is 39.7 Å². The molecule has 0 saturated heterocycles. The molecule has 8 heteroatoms. The Hall–Kier alpha value is -2.09. The number of nitrogens with zero attached hydrogens (tertiary/aromatic N) is 2. The van der Waals surface area contributed by atoms with Crippen molar-refractivity contribution in [3.8, 4) is 0 Å². The van der Waals surface area contributed by atoms with Crippen LogP contribution >= 0.6 is 0 Å². The number of carbonyl (C=O) groups excluding carboxylic acids is 1. The topological polar surface area (TPSA) is 110 Å². The van der Waals surface area contributed by atoms with E-state index in [2.05, 4.69) is 4.98 Å². The summed E-state index contributed by atoms with van der Waals surface area (Å²) in [6.07, 6.45) is 1.61. The van der Waals surface area contributed by atoms with Gasteiger partial charge in [-0.2, -0.15) is 0 Å². The fourth-order valence-electron chi connectivity index (χ4n) is 2.18. The zero-order valence-electron chi connectivity index (χ0n) is 13.3.